The molecule has 1 atom stereocenters. The Morgan fingerprint density at radius 1 is 1.50 bits per heavy atom. The zero-order chi connectivity index (χ0) is 14.4. The van der Waals surface area contributed by atoms with Crippen LogP contribution in [0.5, 0.6) is 0 Å². The van der Waals surface area contributed by atoms with Crippen LogP contribution < -0.4 is 5.32 Å². The highest BCUT2D eigenvalue weighted by atomic mass is 79.9. The topological polar surface area (TPSA) is 24.5 Å². The predicted octanol–water partition coefficient (Wildman–Crippen LogP) is 2.79. The molecule has 1 aromatic rings. The second kappa shape index (κ2) is 8.08. The maximum absolute atomic E-state index is 13.8. The number of nitrogens with one attached hydrogen (secondary N) is 1. The summed E-state index contributed by atoms with van der Waals surface area (Å²) in [5, 5.41) is 3.40. The molecule has 0 radical (unpaired) electrons. The van der Waals surface area contributed by atoms with Gasteiger partial charge in [0.05, 0.1) is 6.61 Å². The Morgan fingerprint density at radius 2 is 2.35 bits per heavy atom. The summed E-state index contributed by atoms with van der Waals surface area (Å²) in [6, 6.07) is 5.64. The van der Waals surface area contributed by atoms with Crippen molar-refractivity contribution in [3.8, 4) is 0 Å². The van der Waals surface area contributed by atoms with Crippen molar-refractivity contribution in [1.82, 2.24) is 10.2 Å². The minimum atomic E-state index is -0.119. The van der Waals surface area contributed by atoms with E-state index in [1.165, 1.54) is 18.9 Å². The maximum atomic E-state index is 13.8. The van der Waals surface area contributed by atoms with Gasteiger partial charge < -0.3 is 10.1 Å². The molecule has 0 saturated carbocycles. The van der Waals surface area contributed by atoms with Gasteiger partial charge in [-0.05, 0) is 37.6 Å². The molecule has 2 rings (SSSR count). The first kappa shape index (κ1) is 15.9. The SMILES string of the molecule is COCCNCC1CCCN1Cc1cc(Br)ccc1F. The van der Waals surface area contributed by atoms with Crippen molar-refractivity contribution in [3.05, 3.63) is 34.1 Å². The number of rotatable bonds is 7. The molecule has 0 amide bonds. The molecule has 1 N–H and O–H groups in total. The van der Waals surface area contributed by atoms with Gasteiger partial charge in [0, 0.05) is 42.8 Å². The van der Waals surface area contributed by atoms with Crippen LogP contribution in [0.1, 0.15) is 18.4 Å². The fraction of sp³-hybridized carbons (Fsp3) is 0.600. The first-order chi connectivity index (χ1) is 9.70. The highest BCUT2D eigenvalue weighted by Crippen LogP contribution is 2.22. The van der Waals surface area contributed by atoms with Crippen LogP contribution in [-0.4, -0.2) is 44.3 Å². The highest BCUT2D eigenvalue weighted by molar-refractivity contribution is 9.10. The van der Waals surface area contributed by atoms with E-state index in [0.29, 0.717) is 12.6 Å². The second-order valence-corrected chi connectivity index (χ2v) is 6.11. The average molecular weight is 345 g/mol. The quantitative estimate of drug-likeness (QED) is 0.769. The Balaban J connectivity index is 1.88. The molecule has 3 nitrogen and oxygen atoms in total. The summed E-state index contributed by atoms with van der Waals surface area (Å²) in [6.07, 6.45) is 2.36. The molecule has 0 bridgehead atoms. The Bertz CT molecular complexity index is 430. The smallest absolute Gasteiger partial charge is 0.127 e. The minimum Gasteiger partial charge on any atom is -0.383 e. The number of likely N-dealkylation sites (tertiary alicyclic amines) is 1. The number of benzene rings is 1. The van der Waals surface area contributed by atoms with E-state index in [2.05, 4.69) is 26.1 Å². The van der Waals surface area contributed by atoms with Crippen LogP contribution in [0.15, 0.2) is 22.7 Å². The molecule has 0 aromatic heterocycles. The molecule has 0 aliphatic carbocycles. The normalized spacial score (nSPS) is 19.6. The number of ether oxygens (including phenoxy) is 1. The van der Waals surface area contributed by atoms with Crippen LogP contribution in [0.25, 0.3) is 0 Å². The molecule has 0 spiro atoms. The minimum absolute atomic E-state index is 0.119. The van der Waals surface area contributed by atoms with Gasteiger partial charge in [0.25, 0.3) is 0 Å². The van der Waals surface area contributed by atoms with E-state index < -0.39 is 0 Å². The second-order valence-electron chi connectivity index (χ2n) is 5.20. The van der Waals surface area contributed by atoms with Crippen LogP contribution in [0.2, 0.25) is 0 Å². The lowest BCUT2D eigenvalue weighted by molar-refractivity contribution is 0.190. The van der Waals surface area contributed by atoms with Gasteiger partial charge >= 0.3 is 0 Å². The van der Waals surface area contributed by atoms with E-state index in [4.69, 9.17) is 4.74 Å². The van der Waals surface area contributed by atoms with Gasteiger partial charge in [-0.25, -0.2) is 4.39 Å². The first-order valence-corrected chi connectivity index (χ1v) is 7.87. The third-order valence-corrected chi connectivity index (χ3v) is 4.24. The number of halogens is 2. The van der Waals surface area contributed by atoms with E-state index in [0.717, 1.165) is 36.3 Å². The van der Waals surface area contributed by atoms with E-state index in [9.17, 15) is 4.39 Å². The first-order valence-electron chi connectivity index (χ1n) is 7.08. The Kier molecular flexibility index (Phi) is 6.42. The van der Waals surface area contributed by atoms with Gasteiger partial charge in [-0.15, -0.1) is 0 Å². The molecule has 1 aliphatic heterocycles. The molecule has 1 aliphatic rings. The summed E-state index contributed by atoms with van der Waals surface area (Å²) in [5.74, 6) is -0.119. The Labute approximate surface area is 128 Å². The maximum Gasteiger partial charge on any atom is 0.127 e. The molecule has 1 saturated heterocycles. The van der Waals surface area contributed by atoms with Gasteiger partial charge in [-0.3, -0.25) is 4.90 Å². The zero-order valence-corrected chi connectivity index (χ0v) is 13.5. The predicted molar refractivity (Wildman–Crippen MR) is 82.3 cm³/mol. The fourth-order valence-electron chi connectivity index (χ4n) is 2.66. The van der Waals surface area contributed by atoms with Crippen molar-refractivity contribution >= 4 is 15.9 Å². The standard InChI is InChI=1S/C15H22BrFN2O/c1-20-8-6-18-10-14-3-2-7-19(14)11-12-9-13(16)4-5-15(12)17/h4-5,9,14,18H,2-3,6-8,10-11H2,1H3. The molecule has 1 unspecified atom stereocenters. The summed E-state index contributed by atoms with van der Waals surface area (Å²) < 4.78 is 19.8. The van der Waals surface area contributed by atoms with E-state index in [1.807, 2.05) is 6.07 Å². The average Bonchev–Trinajstić information content (AvgIpc) is 2.86. The van der Waals surface area contributed by atoms with E-state index in [1.54, 1.807) is 13.2 Å². The van der Waals surface area contributed by atoms with Crippen molar-refractivity contribution in [2.24, 2.45) is 0 Å². The number of nitrogens with zero attached hydrogens (tertiary/aromatic N) is 1. The van der Waals surface area contributed by atoms with Crippen molar-refractivity contribution in [1.29, 1.82) is 0 Å². The summed E-state index contributed by atoms with van der Waals surface area (Å²) in [6.45, 7) is 4.27. The third-order valence-electron chi connectivity index (χ3n) is 3.74. The monoisotopic (exact) mass is 344 g/mol. The lowest BCUT2D eigenvalue weighted by atomic mass is 10.1. The number of hydrogen-bond donors (Lipinski definition) is 1. The van der Waals surface area contributed by atoms with Gasteiger partial charge in [0.1, 0.15) is 5.82 Å². The largest absolute Gasteiger partial charge is 0.383 e. The van der Waals surface area contributed by atoms with Crippen molar-refractivity contribution in [2.75, 3.05) is 33.4 Å². The van der Waals surface area contributed by atoms with Crippen LogP contribution in [0.4, 0.5) is 4.39 Å². The molecular weight excluding hydrogens is 323 g/mol. The van der Waals surface area contributed by atoms with Crippen LogP contribution in [0.3, 0.4) is 0 Å². The lowest BCUT2D eigenvalue weighted by Gasteiger charge is -2.25. The summed E-state index contributed by atoms with van der Waals surface area (Å²) >= 11 is 3.41. The summed E-state index contributed by atoms with van der Waals surface area (Å²) in [5.41, 5.74) is 0.767. The summed E-state index contributed by atoms with van der Waals surface area (Å²) in [7, 11) is 1.71. The van der Waals surface area contributed by atoms with E-state index in [-0.39, 0.29) is 5.82 Å². The molecule has 1 aromatic carbocycles. The van der Waals surface area contributed by atoms with Crippen molar-refractivity contribution in [2.45, 2.75) is 25.4 Å². The van der Waals surface area contributed by atoms with Crippen LogP contribution >= 0.6 is 15.9 Å². The Hall–Kier alpha value is -0.490. The molecular formula is C15H22BrFN2O. The van der Waals surface area contributed by atoms with Crippen molar-refractivity contribution < 1.29 is 9.13 Å². The van der Waals surface area contributed by atoms with Gasteiger partial charge in [-0.2, -0.15) is 0 Å². The van der Waals surface area contributed by atoms with Crippen LogP contribution in [0, 0.1) is 5.82 Å². The number of hydrogen-bond acceptors (Lipinski definition) is 3. The lowest BCUT2D eigenvalue weighted by Crippen LogP contribution is -2.38. The van der Waals surface area contributed by atoms with Crippen LogP contribution in [-0.2, 0) is 11.3 Å². The van der Waals surface area contributed by atoms with Gasteiger partial charge in [0.15, 0.2) is 0 Å². The van der Waals surface area contributed by atoms with Gasteiger partial charge in [0.2, 0.25) is 0 Å². The third kappa shape index (κ3) is 4.52. The highest BCUT2D eigenvalue weighted by Gasteiger charge is 2.24. The number of methoxy groups -OCH3 is 1. The Morgan fingerprint density at radius 3 is 3.15 bits per heavy atom. The molecule has 20 heavy (non-hydrogen) atoms. The fourth-order valence-corrected chi connectivity index (χ4v) is 3.07. The zero-order valence-electron chi connectivity index (χ0n) is 11.9. The summed E-state index contributed by atoms with van der Waals surface area (Å²) in [4.78, 5) is 2.37. The van der Waals surface area contributed by atoms with E-state index >= 15 is 0 Å². The molecule has 5 heteroatoms. The van der Waals surface area contributed by atoms with Crippen molar-refractivity contribution in [3.63, 3.8) is 0 Å². The van der Waals surface area contributed by atoms with Gasteiger partial charge in [-0.1, -0.05) is 15.9 Å². The molecule has 112 valence electrons. The molecule has 1 fully saturated rings. The molecule has 1 heterocycles.